The number of carbonyl (C=O) groups is 1. The van der Waals surface area contributed by atoms with Crippen molar-refractivity contribution in [2.75, 3.05) is 5.32 Å². The zero-order chi connectivity index (χ0) is 15.1. The fraction of sp³-hybridized carbons (Fsp3) is 0.167. The van der Waals surface area contributed by atoms with Gasteiger partial charge in [0.05, 0.1) is 0 Å². The Morgan fingerprint density at radius 2 is 1.62 bits per heavy atom. The van der Waals surface area contributed by atoms with Gasteiger partial charge in [0.15, 0.2) is 0 Å². The molecule has 0 unspecified atom stereocenters. The second-order valence-electron chi connectivity index (χ2n) is 4.84. The summed E-state index contributed by atoms with van der Waals surface area (Å²) in [5.74, 6) is 0. The molecule has 1 amide bonds. The lowest BCUT2D eigenvalue weighted by atomic mass is 10.1. The highest BCUT2D eigenvalue weighted by Gasteiger charge is 2.11. The summed E-state index contributed by atoms with van der Waals surface area (Å²) in [6.07, 6.45) is 1.28. The van der Waals surface area contributed by atoms with Gasteiger partial charge in [-0.25, -0.2) is 4.79 Å². The van der Waals surface area contributed by atoms with Crippen molar-refractivity contribution in [2.45, 2.75) is 20.0 Å². The van der Waals surface area contributed by atoms with Gasteiger partial charge in [0.25, 0.3) is 0 Å². The molecule has 0 heterocycles. The highest BCUT2D eigenvalue weighted by Crippen LogP contribution is 2.13. The molecular weight excluding hydrogens is 262 g/mol. The second kappa shape index (κ2) is 7.29. The number of carbonyl (C=O) groups excluding carboxylic acids is 1. The van der Waals surface area contributed by atoms with Gasteiger partial charge in [-0.1, -0.05) is 54.6 Å². The maximum absolute atomic E-state index is 11.8. The molecule has 0 bridgehead atoms. The minimum atomic E-state index is -0.450. The summed E-state index contributed by atoms with van der Waals surface area (Å²) < 4.78 is 5.37. The molecule has 1 atom stereocenters. The predicted octanol–water partition coefficient (Wildman–Crippen LogP) is 4.73. The smallest absolute Gasteiger partial charge is 0.412 e. The van der Waals surface area contributed by atoms with Crippen molar-refractivity contribution in [3.05, 3.63) is 71.8 Å². The first kappa shape index (κ1) is 14.9. The van der Waals surface area contributed by atoms with E-state index in [1.54, 1.807) is 0 Å². The number of hydrogen-bond donors (Lipinski definition) is 1. The summed E-state index contributed by atoms with van der Waals surface area (Å²) in [7, 11) is 0. The molecule has 0 radical (unpaired) electrons. The molecule has 1 N–H and O–H groups in total. The summed E-state index contributed by atoms with van der Waals surface area (Å²) in [5, 5.41) is 2.70. The van der Waals surface area contributed by atoms with Crippen LogP contribution < -0.4 is 5.32 Å². The third kappa shape index (κ3) is 4.80. The normalized spacial score (nSPS) is 12.6. The Balaban J connectivity index is 1.93. The summed E-state index contributed by atoms with van der Waals surface area (Å²) >= 11 is 0. The van der Waals surface area contributed by atoms with Crippen LogP contribution in [0, 0.1) is 0 Å². The monoisotopic (exact) mass is 281 g/mol. The molecule has 21 heavy (non-hydrogen) atoms. The van der Waals surface area contributed by atoms with Crippen LogP contribution in [0.2, 0.25) is 0 Å². The quantitative estimate of drug-likeness (QED) is 0.880. The van der Waals surface area contributed by atoms with Gasteiger partial charge in [-0.3, -0.25) is 5.32 Å². The maximum Gasteiger partial charge on any atom is 0.412 e. The SMILES string of the molecule is C/C(=C\c1ccccc1)[C@H](C)OC(=O)Nc1ccccc1. The van der Waals surface area contributed by atoms with E-state index in [0.29, 0.717) is 0 Å². The number of hydrogen-bond acceptors (Lipinski definition) is 2. The van der Waals surface area contributed by atoms with Gasteiger partial charge < -0.3 is 4.74 Å². The molecule has 2 rings (SSSR count). The Morgan fingerprint density at radius 3 is 2.24 bits per heavy atom. The van der Waals surface area contributed by atoms with Crippen molar-refractivity contribution < 1.29 is 9.53 Å². The number of ether oxygens (including phenoxy) is 1. The molecule has 0 aliphatic rings. The number of amides is 1. The number of benzene rings is 2. The van der Waals surface area contributed by atoms with Crippen LogP contribution in [0.3, 0.4) is 0 Å². The molecule has 3 heteroatoms. The van der Waals surface area contributed by atoms with Crippen LogP contribution in [0.15, 0.2) is 66.2 Å². The first-order valence-electron chi connectivity index (χ1n) is 6.91. The van der Waals surface area contributed by atoms with Gasteiger partial charge in [-0.2, -0.15) is 0 Å². The molecule has 3 nitrogen and oxygen atoms in total. The molecule has 0 aliphatic carbocycles. The molecule has 2 aromatic rings. The lowest BCUT2D eigenvalue weighted by molar-refractivity contribution is 0.137. The van der Waals surface area contributed by atoms with Crippen LogP contribution in [0.25, 0.3) is 6.08 Å². The number of para-hydroxylation sites is 1. The average Bonchev–Trinajstić information content (AvgIpc) is 2.49. The first-order valence-corrected chi connectivity index (χ1v) is 6.91. The van der Waals surface area contributed by atoms with E-state index in [1.165, 1.54) is 0 Å². The molecule has 0 aliphatic heterocycles. The third-order valence-electron chi connectivity index (χ3n) is 3.14. The fourth-order valence-electron chi connectivity index (χ4n) is 1.85. The van der Waals surface area contributed by atoms with Gasteiger partial charge in [0.2, 0.25) is 0 Å². The summed E-state index contributed by atoms with van der Waals surface area (Å²) in [5.41, 5.74) is 2.80. The molecule has 0 fully saturated rings. The maximum atomic E-state index is 11.8. The Hall–Kier alpha value is -2.55. The Kier molecular flexibility index (Phi) is 5.16. The number of nitrogens with one attached hydrogen (secondary N) is 1. The van der Waals surface area contributed by atoms with Crippen LogP contribution in [0.5, 0.6) is 0 Å². The van der Waals surface area contributed by atoms with Crippen molar-refractivity contribution in [1.29, 1.82) is 0 Å². The molecule has 108 valence electrons. The van der Waals surface area contributed by atoms with Crippen LogP contribution in [0.4, 0.5) is 10.5 Å². The topological polar surface area (TPSA) is 38.3 Å². The van der Waals surface area contributed by atoms with E-state index >= 15 is 0 Å². The highest BCUT2D eigenvalue weighted by molar-refractivity contribution is 5.84. The molecule has 2 aromatic carbocycles. The minimum Gasteiger partial charge on any atom is -0.442 e. The lowest BCUT2D eigenvalue weighted by Gasteiger charge is -2.14. The van der Waals surface area contributed by atoms with Crippen molar-refractivity contribution in [3.8, 4) is 0 Å². The first-order chi connectivity index (χ1) is 10.1. The van der Waals surface area contributed by atoms with Crippen LogP contribution in [-0.4, -0.2) is 12.2 Å². The summed E-state index contributed by atoms with van der Waals surface area (Å²) in [6.45, 7) is 3.81. The van der Waals surface area contributed by atoms with Crippen molar-refractivity contribution in [2.24, 2.45) is 0 Å². The van der Waals surface area contributed by atoms with E-state index in [-0.39, 0.29) is 6.10 Å². The van der Waals surface area contributed by atoms with E-state index in [4.69, 9.17) is 4.74 Å². The number of anilines is 1. The van der Waals surface area contributed by atoms with E-state index in [1.807, 2.05) is 80.6 Å². The van der Waals surface area contributed by atoms with Crippen molar-refractivity contribution in [1.82, 2.24) is 0 Å². The molecule has 0 saturated heterocycles. The van der Waals surface area contributed by atoms with Gasteiger partial charge >= 0.3 is 6.09 Å². The van der Waals surface area contributed by atoms with Crippen molar-refractivity contribution >= 4 is 17.9 Å². The molecular formula is C18H19NO2. The third-order valence-corrected chi connectivity index (χ3v) is 3.14. The lowest BCUT2D eigenvalue weighted by Crippen LogP contribution is -2.20. The molecule has 0 saturated carbocycles. The highest BCUT2D eigenvalue weighted by atomic mass is 16.6. The predicted molar refractivity (Wildman–Crippen MR) is 86.1 cm³/mol. The van der Waals surface area contributed by atoms with Crippen molar-refractivity contribution in [3.63, 3.8) is 0 Å². The molecule has 0 aromatic heterocycles. The summed E-state index contributed by atoms with van der Waals surface area (Å²) in [6, 6.07) is 19.2. The minimum absolute atomic E-state index is 0.283. The van der Waals surface area contributed by atoms with Crippen LogP contribution in [0.1, 0.15) is 19.4 Å². The summed E-state index contributed by atoms with van der Waals surface area (Å²) in [4.78, 5) is 11.8. The van der Waals surface area contributed by atoms with Crippen LogP contribution >= 0.6 is 0 Å². The van der Waals surface area contributed by atoms with Gasteiger partial charge in [0.1, 0.15) is 6.10 Å². The second-order valence-corrected chi connectivity index (χ2v) is 4.84. The largest absolute Gasteiger partial charge is 0.442 e. The zero-order valence-electron chi connectivity index (χ0n) is 12.2. The van der Waals surface area contributed by atoms with E-state index in [2.05, 4.69) is 5.32 Å². The fourth-order valence-corrected chi connectivity index (χ4v) is 1.85. The van der Waals surface area contributed by atoms with Gasteiger partial charge in [-0.15, -0.1) is 0 Å². The van der Waals surface area contributed by atoms with Gasteiger partial charge in [-0.05, 0) is 37.1 Å². The Labute approximate surface area is 125 Å². The van der Waals surface area contributed by atoms with Gasteiger partial charge in [0, 0.05) is 5.69 Å². The zero-order valence-corrected chi connectivity index (χ0v) is 12.2. The average molecular weight is 281 g/mol. The Morgan fingerprint density at radius 1 is 1.05 bits per heavy atom. The van der Waals surface area contributed by atoms with E-state index < -0.39 is 6.09 Å². The standard InChI is InChI=1S/C18H19NO2/c1-14(13-16-9-5-3-6-10-16)15(2)21-18(20)19-17-11-7-4-8-12-17/h3-13,15H,1-2H3,(H,19,20)/b14-13+/t15-/m0/s1. The molecule has 0 spiro atoms. The Bertz CT molecular complexity index is 606. The van der Waals surface area contributed by atoms with E-state index in [0.717, 1.165) is 16.8 Å². The number of rotatable bonds is 4. The van der Waals surface area contributed by atoms with E-state index in [9.17, 15) is 4.79 Å². The van der Waals surface area contributed by atoms with Crippen LogP contribution in [-0.2, 0) is 4.74 Å².